The van der Waals surface area contributed by atoms with E-state index in [1.165, 1.54) is 0 Å². The fraction of sp³-hybridized carbons (Fsp3) is 0.308. The fourth-order valence-corrected chi connectivity index (χ4v) is 1.78. The lowest BCUT2D eigenvalue weighted by Gasteiger charge is -2.35. The van der Waals surface area contributed by atoms with E-state index in [9.17, 15) is 4.79 Å². The zero-order chi connectivity index (χ0) is 11.6. The van der Waals surface area contributed by atoms with E-state index in [1.54, 1.807) is 13.0 Å². The second kappa shape index (κ2) is 4.10. The molecule has 16 heavy (non-hydrogen) atoms. The van der Waals surface area contributed by atoms with Crippen molar-refractivity contribution in [2.75, 3.05) is 6.61 Å². The molecule has 3 nitrogen and oxygen atoms in total. The van der Waals surface area contributed by atoms with Gasteiger partial charge in [-0.3, -0.25) is 5.32 Å². The first-order valence-corrected chi connectivity index (χ1v) is 5.29. The van der Waals surface area contributed by atoms with Crippen LogP contribution < -0.4 is 5.32 Å². The van der Waals surface area contributed by atoms with Gasteiger partial charge in [-0.15, -0.1) is 6.58 Å². The molecule has 1 aliphatic heterocycles. The van der Waals surface area contributed by atoms with Crippen LogP contribution in [0.1, 0.15) is 18.5 Å². The molecule has 1 saturated heterocycles. The van der Waals surface area contributed by atoms with Crippen LogP contribution in [-0.4, -0.2) is 18.1 Å². The molecule has 84 valence electrons. The molecule has 1 fully saturated rings. The maximum absolute atomic E-state index is 11.6. The molecule has 0 unspecified atom stereocenters. The van der Waals surface area contributed by atoms with Crippen LogP contribution in [-0.2, 0) is 9.53 Å². The molecule has 2 rings (SSSR count). The van der Waals surface area contributed by atoms with Crippen LogP contribution >= 0.6 is 0 Å². The first-order valence-electron chi connectivity index (χ1n) is 5.29. The Labute approximate surface area is 95.1 Å². The highest BCUT2D eigenvalue weighted by atomic mass is 16.5. The van der Waals surface area contributed by atoms with Gasteiger partial charge in [0.05, 0.1) is 6.04 Å². The molecule has 1 heterocycles. The van der Waals surface area contributed by atoms with Crippen LogP contribution in [0.5, 0.6) is 0 Å². The molecule has 0 aliphatic carbocycles. The van der Waals surface area contributed by atoms with Crippen molar-refractivity contribution in [1.29, 1.82) is 0 Å². The van der Waals surface area contributed by atoms with Crippen molar-refractivity contribution in [3.63, 3.8) is 0 Å². The number of benzene rings is 1. The smallest absolute Gasteiger partial charge is 0.330 e. The fourth-order valence-electron chi connectivity index (χ4n) is 1.78. The van der Waals surface area contributed by atoms with Crippen LogP contribution in [0.15, 0.2) is 43.0 Å². The third-order valence-electron chi connectivity index (χ3n) is 2.89. The molecular formula is C13H15NO2. The van der Waals surface area contributed by atoms with Gasteiger partial charge in [-0.2, -0.15) is 0 Å². The lowest BCUT2D eigenvalue weighted by Crippen LogP contribution is -2.55. The van der Waals surface area contributed by atoms with Gasteiger partial charge < -0.3 is 4.74 Å². The molecule has 1 aliphatic rings. The highest BCUT2D eigenvalue weighted by molar-refractivity contribution is 5.83. The van der Waals surface area contributed by atoms with E-state index in [0.29, 0.717) is 6.61 Å². The molecule has 1 N–H and O–H groups in total. The molecule has 0 bridgehead atoms. The SMILES string of the molecule is C=C[C@@]1(C)N[C@H](c2ccccc2)COC1=O. The lowest BCUT2D eigenvalue weighted by molar-refractivity contribution is -0.155. The average Bonchev–Trinajstić information content (AvgIpc) is 2.34. The monoisotopic (exact) mass is 217 g/mol. The van der Waals surface area contributed by atoms with Gasteiger partial charge in [0.2, 0.25) is 0 Å². The maximum atomic E-state index is 11.6. The summed E-state index contributed by atoms with van der Waals surface area (Å²) in [5.41, 5.74) is 0.321. The van der Waals surface area contributed by atoms with Crippen molar-refractivity contribution in [3.05, 3.63) is 48.6 Å². The van der Waals surface area contributed by atoms with Gasteiger partial charge in [0.1, 0.15) is 12.1 Å². The number of morpholine rings is 1. The summed E-state index contributed by atoms with van der Waals surface area (Å²) in [4.78, 5) is 11.6. The van der Waals surface area contributed by atoms with Gasteiger partial charge >= 0.3 is 5.97 Å². The Morgan fingerprint density at radius 1 is 1.50 bits per heavy atom. The number of cyclic esters (lactones) is 1. The normalized spacial score (nSPS) is 29.6. The minimum absolute atomic E-state index is 0.0295. The topological polar surface area (TPSA) is 38.3 Å². The first kappa shape index (κ1) is 10.9. The summed E-state index contributed by atoms with van der Waals surface area (Å²) in [6, 6.07) is 9.96. The average molecular weight is 217 g/mol. The van der Waals surface area contributed by atoms with Crippen LogP contribution in [0.4, 0.5) is 0 Å². The van der Waals surface area contributed by atoms with Gasteiger partial charge in [-0.1, -0.05) is 36.4 Å². The van der Waals surface area contributed by atoms with E-state index in [-0.39, 0.29) is 12.0 Å². The van der Waals surface area contributed by atoms with Crippen LogP contribution in [0.2, 0.25) is 0 Å². The number of nitrogens with one attached hydrogen (secondary N) is 1. The zero-order valence-electron chi connectivity index (χ0n) is 9.27. The largest absolute Gasteiger partial charge is 0.462 e. The summed E-state index contributed by atoms with van der Waals surface area (Å²) < 4.78 is 5.18. The lowest BCUT2D eigenvalue weighted by atomic mass is 9.96. The molecule has 1 aromatic rings. The third kappa shape index (κ3) is 1.86. The Morgan fingerprint density at radius 2 is 2.19 bits per heavy atom. The molecule has 1 aromatic carbocycles. The number of hydrogen-bond donors (Lipinski definition) is 1. The summed E-state index contributed by atoms with van der Waals surface area (Å²) in [5.74, 6) is -0.269. The summed E-state index contributed by atoms with van der Waals surface area (Å²) in [5, 5.41) is 3.25. The van der Waals surface area contributed by atoms with Gasteiger partial charge in [-0.25, -0.2) is 4.79 Å². The predicted octanol–water partition coefficient (Wildman–Crippen LogP) is 1.82. The van der Waals surface area contributed by atoms with Crippen LogP contribution in [0.25, 0.3) is 0 Å². The van der Waals surface area contributed by atoms with Gasteiger partial charge in [-0.05, 0) is 12.5 Å². The van der Waals surface area contributed by atoms with E-state index in [4.69, 9.17) is 4.74 Å². The van der Waals surface area contributed by atoms with E-state index < -0.39 is 5.54 Å². The predicted molar refractivity (Wildman–Crippen MR) is 61.9 cm³/mol. The third-order valence-corrected chi connectivity index (χ3v) is 2.89. The molecule has 3 heteroatoms. The molecular weight excluding hydrogens is 202 g/mol. The number of rotatable bonds is 2. The standard InChI is InChI=1S/C13H15NO2/c1-3-13(2)12(15)16-9-11(14-13)10-7-5-4-6-8-10/h3-8,11,14H,1,9H2,2H3/t11-,13+/m0/s1. The number of esters is 1. The molecule has 2 atom stereocenters. The molecule has 0 aromatic heterocycles. The minimum Gasteiger partial charge on any atom is -0.462 e. The maximum Gasteiger partial charge on any atom is 0.330 e. The molecule has 0 spiro atoms. The van der Waals surface area contributed by atoms with Gasteiger partial charge in [0.15, 0.2) is 0 Å². The molecule has 0 amide bonds. The number of carbonyl (C=O) groups is 1. The Kier molecular flexibility index (Phi) is 2.79. The number of hydrogen-bond acceptors (Lipinski definition) is 3. The summed E-state index contributed by atoms with van der Waals surface area (Å²) in [6.07, 6.45) is 1.59. The second-order valence-electron chi connectivity index (χ2n) is 4.11. The van der Waals surface area contributed by atoms with E-state index in [2.05, 4.69) is 11.9 Å². The molecule has 0 saturated carbocycles. The van der Waals surface area contributed by atoms with Crippen LogP contribution in [0, 0.1) is 0 Å². The quantitative estimate of drug-likeness (QED) is 0.606. The van der Waals surface area contributed by atoms with Crippen molar-refractivity contribution in [2.45, 2.75) is 18.5 Å². The van der Waals surface area contributed by atoms with Crippen molar-refractivity contribution in [1.82, 2.24) is 5.32 Å². The van der Waals surface area contributed by atoms with E-state index in [1.807, 2.05) is 30.3 Å². The Morgan fingerprint density at radius 3 is 2.81 bits per heavy atom. The second-order valence-corrected chi connectivity index (χ2v) is 4.11. The van der Waals surface area contributed by atoms with Crippen molar-refractivity contribution in [3.8, 4) is 0 Å². The highest BCUT2D eigenvalue weighted by Gasteiger charge is 2.38. The molecule has 0 radical (unpaired) electrons. The Hall–Kier alpha value is -1.61. The number of ether oxygens (including phenoxy) is 1. The number of carbonyl (C=O) groups excluding carboxylic acids is 1. The van der Waals surface area contributed by atoms with Gasteiger partial charge in [0, 0.05) is 0 Å². The highest BCUT2D eigenvalue weighted by Crippen LogP contribution is 2.23. The summed E-state index contributed by atoms with van der Waals surface area (Å²) >= 11 is 0. The Balaban J connectivity index is 2.21. The van der Waals surface area contributed by atoms with Crippen molar-refractivity contribution >= 4 is 5.97 Å². The summed E-state index contributed by atoms with van der Waals surface area (Å²) in [7, 11) is 0. The van der Waals surface area contributed by atoms with Gasteiger partial charge in [0.25, 0.3) is 0 Å². The van der Waals surface area contributed by atoms with E-state index >= 15 is 0 Å². The van der Waals surface area contributed by atoms with Crippen LogP contribution in [0.3, 0.4) is 0 Å². The van der Waals surface area contributed by atoms with Crippen molar-refractivity contribution in [2.24, 2.45) is 0 Å². The Bertz CT molecular complexity index is 402. The first-order chi connectivity index (χ1) is 7.65. The summed E-state index contributed by atoms with van der Waals surface area (Å²) in [6.45, 7) is 5.81. The van der Waals surface area contributed by atoms with E-state index in [0.717, 1.165) is 5.56 Å². The van der Waals surface area contributed by atoms with Crippen molar-refractivity contribution < 1.29 is 9.53 Å². The minimum atomic E-state index is -0.793. The zero-order valence-corrected chi connectivity index (χ0v) is 9.27.